The summed E-state index contributed by atoms with van der Waals surface area (Å²) in [5, 5.41) is 27.2. The number of nitrogens with zero attached hydrogens (tertiary/aromatic N) is 3. The Morgan fingerprint density at radius 1 is 1.50 bits per heavy atom. The van der Waals surface area contributed by atoms with Crippen LogP contribution in [0.15, 0.2) is 26.9 Å². The molecule has 28 heavy (non-hydrogen) atoms. The molecular weight excluding hydrogens is 405 g/mol. The van der Waals surface area contributed by atoms with Gasteiger partial charge >= 0.3 is 6.03 Å². The van der Waals surface area contributed by atoms with Crippen molar-refractivity contribution in [3.05, 3.63) is 40.3 Å². The molecule has 1 aromatic carbocycles. The number of aliphatic hydroxyl groups is 1. The summed E-state index contributed by atoms with van der Waals surface area (Å²) >= 11 is 0.879. The second-order valence-corrected chi connectivity index (χ2v) is 9.87. The zero-order valence-corrected chi connectivity index (χ0v) is 17.3. The van der Waals surface area contributed by atoms with Crippen LogP contribution in [0.25, 0.3) is 0 Å². The van der Waals surface area contributed by atoms with Crippen molar-refractivity contribution in [1.82, 2.24) is 4.98 Å². The van der Waals surface area contributed by atoms with Crippen LogP contribution in [0.2, 0.25) is 0 Å². The van der Waals surface area contributed by atoms with Crippen LogP contribution >= 0.6 is 11.3 Å². The van der Waals surface area contributed by atoms with Crippen LogP contribution in [-0.2, 0) is 15.5 Å². The van der Waals surface area contributed by atoms with E-state index < -0.39 is 27.4 Å². The standard InChI is InChI=1S/C17H20FN5O3S2/c1-9(2)11-5-10(7-19)12(18)6-13(11)22-16(24)23-28(20,26)14-8-21-15(27-14)17(3,4)25/h5-6,8-9,25H,1-4H3,(H3,20,22,23,24,26). The van der Waals surface area contributed by atoms with E-state index in [1.54, 1.807) is 6.07 Å². The summed E-state index contributed by atoms with van der Waals surface area (Å²) in [6.45, 7) is 6.63. The number of nitrogens with one attached hydrogen (secondary N) is 1. The highest BCUT2D eigenvalue weighted by molar-refractivity contribution is 7.93. The number of rotatable bonds is 4. The van der Waals surface area contributed by atoms with Gasteiger partial charge < -0.3 is 10.4 Å². The third-order valence-electron chi connectivity index (χ3n) is 3.64. The van der Waals surface area contributed by atoms with Gasteiger partial charge in [0.25, 0.3) is 0 Å². The number of benzene rings is 1. The lowest BCUT2D eigenvalue weighted by molar-refractivity contribution is 0.0783. The third-order valence-corrected chi connectivity index (χ3v) is 6.83. The van der Waals surface area contributed by atoms with Crippen LogP contribution in [0.4, 0.5) is 14.9 Å². The van der Waals surface area contributed by atoms with Crippen molar-refractivity contribution in [3.63, 3.8) is 0 Å². The molecule has 150 valence electrons. The molecule has 1 heterocycles. The molecule has 0 aliphatic carbocycles. The fourth-order valence-electron chi connectivity index (χ4n) is 2.25. The van der Waals surface area contributed by atoms with E-state index in [0.717, 1.165) is 17.4 Å². The largest absolute Gasteiger partial charge is 0.383 e. The van der Waals surface area contributed by atoms with Crippen molar-refractivity contribution in [3.8, 4) is 6.07 Å². The number of thiazole rings is 1. The lowest BCUT2D eigenvalue weighted by atomic mass is 9.98. The van der Waals surface area contributed by atoms with Crippen molar-refractivity contribution in [2.45, 2.75) is 43.4 Å². The van der Waals surface area contributed by atoms with Gasteiger partial charge in [0.2, 0.25) is 0 Å². The van der Waals surface area contributed by atoms with Crippen LogP contribution in [0.1, 0.15) is 49.7 Å². The van der Waals surface area contributed by atoms with E-state index >= 15 is 0 Å². The van der Waals surface area contributed by atoms with Crippen LogP contribution in [0.5, 0.6) is 0 Å². The SMILES string of the molecule is CC(C)c1cc(C#N)c(F)cc1NC(=O)N=S(N)(=O)c1cnc(C(C)(C)O)s1. The van der Waals surface area contributed by atoms with Crippen molar-refractivity contribution < 1.29 is 18.5 Å². The first-order chi connectivity index (χ1) is 12.8. The van der Waals surface area contributed by atoms with Gasteiger partial charge in [-0.2, -0.15) is 5.26 Å². The van der Waals surface area contributed by atoms with Gasteiger partial charge in [-0.1, -0.05) is 13.8 Å². The quantitative estimate of drug-likeness (QED) is 0.688. The number of carbonyl (C=O) groups is 1. The Hall–Kier alpha value is -2.39. The van der Waals surface area contributed by atoms with Gasteiger partial charge in [0.05, 0.1) is 11.8 Å². The highest BCUT2D eigenvalue weighted by atomic mass is 32.2. The smallest absolute Gasteiger partial charge is 0.354 e. The van der Waals surface area contributed by atoms with E-state index in [0.29, 0.717) is 5.56 Å². The Morgan fingerprint density at radius 2 is 2.14 bits per heavy atom. The molecule has 0 spiro atoms. The normalized spacial score (nSPS) is 13.7. The monoisotopic (exact) mass is 425 g/mol. The molecule has 11 heteroatoms. The van der Waals surface area contributed by atoms with Gasteiger partial charge in [-0.25, -0.2) is 23.5 Å². The number of aromatic nitrogens is 1. The van der Waals surface area contributed by atoms with Gasteiger partial charge in [0, 0.05) is 5.69 Å². The summed E-state index contributed by atoms with van der Waals surface area (Å²) in [7, 11) is -3.61. The van der Waals surface area contributed by atoms with Crippen LogP contribution in [-0.4, -0.2) is 20.3 Å². The Kier molecular flexibility index (Phi) is 6.20. The summed E-state index contributed by atoms with van der Waals surface area (Å²) in [5.74, 6) is -0.922. The molecule has 0 saturated heterocycles. The topological polar surface area (TPSA) is 141 Å². The average Bonchev–Trinajstić information content (AvgIpc) is 3.05. The Bertz CT molecular complexity index is 1070. The Labute approximate surface area is 166 Å². The number of hydrogen-bond donors (Lipinski definition) is 3. The van der Waals surface area contributed by atoms with E-state index in [2.05, 4.69) is 14.7 Å². The molecule has 0 fully saturated rings. The van der Waals surface area contributed by atoms with Crippen molar-refractivity contribution in [1.29, 1.82) is 5.26 Å². The van der Waals surface area contributed by atoms with Gasteiger partial charge in [-0.05, 0) is 37.5 Å². The predicted molar refractivity (Wildman–Crippen MR) is 105 cm³/mol. The minimum Gasteiger partial charge on any atom is -0.383 e. The van der Waals surface area contributed by atoms with Crippen LogP contribution in [0, 0.1) is 17.1 Å². The zero-order valence-electron chi connectivity index (χ0n) is 15.7. The summed E-state index contributed by atoms with van der Waals surface area (Å²) in [6, 6.07) is 3.07. The molecule has 2 amide bonds. The molecule has 0 saturated carbocycles. The molecule has 8 nitrogen and oxygen atoms in total. The molecule has 0 radical (unpaired) electrons. The summed E-state index contributed by atoms with van der Waals surface area (Å²) in [5.41, 5.74) is -0.776. The van der Waals surface area contributed by atoms with Gasteiger partial charge in [-0.15, -0.1) is 15.7 Å². The number of halogens is 1. The maximum atomic E-state index is 13.9. The first-order valence-corrected chi connectivity index (χ1v) is 10.5. The minimum atomic E-state index is -3.61. The average molecular weight is 426 g/mol. The maximum absolute atomic E-state index is 13.9. The molecule has 1 aromatic heterocycles. The summed E-state index contributed by atoms with van der Waals surface area (Å²) < 4.78 is 30.1. The summed E-state index contributed by atoms with van der Waals surface area (Å²) in [6.07, 6.45) is 1.19. The van der Waals surface area contributed by atoms with E-state index in [1.807, 2.05) is 13.8 Å². The summed E-state index contributed by atoms with van der Waals surface area (Å²) in [4.78, 5) is 16.2. The lowest BCUT2D eigenvalue weighted by Crippen LogP contribution is -2.18. The minimum absolute atomic E-state index is 0.0230. The molecule has 0 aliphatic heterocycles. The van der Waals surface area contributed by atoms with Crippen molar-refractivity contribution in [2.24, 2.45) is 9.50 Å². The molecule has 1 unspecified atom stereocenters. The van der Waals surface area contributed by atoms with Crippen molar-refractivity contribution in [2.75, 3.05) is 5.32 Å². The van der Waals surface area contributed by atoms with Gasteiger partial charge in [-0.3, -0.25) is 0 Å². The number of anilines is 1. The van der Waals surface area contributed by atoms with E-state index in [-0.39, 0.29) is 26.4 Å². The second kappa shape index (κ2) is 7.92. The zero-order chi connectivity index (χ0) is 21.3. The maximum Gasteiger partial charge on any atom is 0.354 e. The molecule has 4 N–H and O–H groups in total. The van der Waals surface area contributed by atoms with Gasteiger partial charge in [0.15, 0.2) is 9.92 Å². The Morgan fingerprint density at radius 3 is 2.64 bits per heavy atom. The Balaban J connectivity index is 2.37. The molecular formula is C17H20FN5O3S2. The fraction of sp³-hybridized carbons (Fsp3) is 0.353. The first-order valence-electron chi connectivity index (χ1n) is 8.13. The number of carbonyl (C=O) groups excluding carboxylic acids is 1. The van der Waals surface area contributed by atoms with E-state index in [4.69, 9.17) is 10.4 Å². The molecule has 2 aromatic rings. The molecule has 0 bridgehead atoms. The molecule has 2 rings (SSSR count). The molecule has 1 atom stereocenters. The van der Waals surface area contributed by atoms with Crippen molar-refractivity contribution >= 4 is 33.0 Å². The fourth-order valence-corrected chi connectivity index (χ4v) is 4.31. The van der Waals surface area contributed by atoms with Crippen LogP contribution in [0.3, 0.4) is 0 Å². The number of amides is 2. The number of nitrogens with two attached hydrogens (primary N) is 1. The number of nitriles is 1. The first kappa shape index (κ1) is 21.9. The molecule has 0 aliphatic rings. The number of urea groups is 1. The van der Waals surface area contributed by atoms with Crippen LogP contribution < -0.4 is 10.5 Å². The third kappa shape index (κ3) is 4.90. The second-order valence-electron chi connectivity index (χ2n) is 6.82. The predicted octanol–water partition coefficient (Wildman–Crippen LogP) is 3.44. The van der Waals surface area contributed by atoms with Gasteiger partial charge in [0.1, 0.15) is 26.7 Å². The highest BCUT2D eigenvalue weighted by Crippen LogP contribution is 2.29. The number of hydrogen-bond acceptors (Lipinski definition) is 6. The van der Waals surface area contributed by atoms with E-state index in [9.17, 15) is 18.5 Å². The highest BCUT2D eigenvalue weighted by Gasteiger charge is 2.23. The van der Waals surface area contributed by atoms with E-state index in [1.165, 1.54) is 26.1 Å². The lowest BCUT2D eigenvalue weighted by Gasteiger charge is -2.14.